The van der Waals surface area contributed by atoms with E-state index in [1.807, 2.05) is 58.9 Å². The second-order valence-electron chi connectivity index (χ2n) is 15.7. The van der Waals surface area contributed by atoms with Crippen molar-refractivity contribution >= 4 is 28.1 Å². The first-order valence-corrected chi connectivity index (χ1v) is 17.1. The van der Waals surface area contributed by atoms with Crippen LogP contribution < -0.4 is 0 Å². The first-order chi connectivity index (χ1) is 22.9. The fourth-order valence-electron chi connectivity index (χ4n) is 9.58. The number of Topliss-reactive ketones (excluding diaryl/α,β-unsaturated/α-hetero) is 3. The zero-order valence-corrected chi connectivity index (χ0v) is 29.4. The number of aromatic hydroxyl groups is 1. The van der Waals surface area contributed by atoms with Crippen LogP contribution in [0.2, 0.25) is 0 Å². The summed E-state index contributed by atoms with van der Waals surface area (Å²) in [5.74, 6) is -5.12. The molecule has 0 aliphatic heterocycles. The second kappa shape index (κ2) is 11.5. The van der Waals surface area contributed by atoms with Crippen molar-refractivity contribution in [1.82, 2.24) is 0 Å². The Morgan fingerprint density at radius 1 is 0.959 bits per heavy atom. The molecule has 0 saturated heterocycles. The van der Waals surface area contributed by atoms with Gasteiger partial charge in [0.1, 0.15) is 22.8 Å². The largest absolute Gasteiger partial charge is 0.511 e. The van der Waals surface area contributed by atoms with Gasteiger partial charge in [-0.1, -0.05) is 102 Å². The Hall–Kier alpha value is -4.49. The summed E-state index contributed by atoms with van der Waals surface area (Å²) in [6, 6.07) is 16.2. The summed E-state index contributed by atoms with van der Waals surface area (Å²) in [5.41, 5.74) is -1.77. The van der Waals surface area contributed by atoms with Crippen molar-refractivity contribution < 1.29 is 34.8 Å². The van der Waals surface area contributed by atoms with E-state index in [1.165, 1.54) is 0 Å². The highest BCUT2D eigenvalue weighted by molar-refractivity contribution is 6.25. The van der Waals surface area contributed by atoms with E-state index in [0.717, 1.165) is 34.4 Å². The molecule has 3 aliphatic rings. The number of fused-ring (bicyclic) bond motifs is 4. The minimum Gasteiger partial charge on any atom is -0.511 e. The molecular formula is C42H46O7. The van der Waals surface area contributed by atoms with E-state index in [1.54, 1.807) is 6.92 Å². The number of benzene rings is 3. The molecule has 0 bridgehead atoms. The number of ketones is 3. The summed E-state index contributed by atoms with van der Waals surface area (Å²) in [5, 5.41) is 49.9. The molecule has 0 saturated carbocycles. The predicted octanol–water partition coefficient (Wildman–Crippen LogP) is 7.96. The molecular weight excluding hydrogens is 616 g/mol. The molecule has 0 aromatic heterocycles. The summed E-state index contributed by atoms with van der Waals surface area (Å²) in [6.45, 7) is 16.6. The fraction of sp³-hybridized carbons (Fsp3) is 0.405. The van der Waals surface area contributed by atoms with E-state index >= 15 is 0 Å². The summed E-state index contributed by atoms with van der Waals surface area (Å²) < 4.78 is 0. The minimum atomic E-state index is -2.64. The van der Waals surface area contributed by atoms with E-state index < -0.39 is 56.8 Å². The van der Waals surface area contributed by atoms with Crippen LogP contribution in [0.15, 0.2) is 83.3 Å². The molecule has 3 aliphatic carbocycles. The van der Waals surface area contributed by atoms with Gasteiger partial charge in [0, 0.05) is 22.3 Å². The summed E-state index contributed by atoms with van der Waals surface area (Å²) >= 11 is 0. The zero-order chi connectivity index (χ0) is 36.0. The number of hydrogen-bond acceptors (Lipinski definition) is 7. The third kappa shape index (κ3) is 4.84. The predicted molar refractivity (Wildman–Crippen MR) is 190 cm³/mol. The Kier molecular flexibility index (Phi) is 8.10. The maximum absolute atomic E-state index is 14.7. The highest BCUT2D eigenvalue weighted by Crippen LogP contribution is 2.65. The quantitative estimate of drug-likeness (QED) is 0.149. The molecule has 0 heterocycles. The number of allylic oxidation sites excluding steroid dienone is 3. The molecule has 256 valence electrons. The lowest BCUT2D eigenvalue weighted by Gasteiger charge is -2.59. The normalized spacial score (nSPS) is 26.7. The average molecular weight is 663 g/mol. The van der Waals surface area contributed by atoms with Crippen LogP contribution in [0.3, 0.4) is 0 Å². The van der Waals surface area contributed by atoms with Crippen LogP contribution in [-0.2, 0) is 28.9 Å². The SMILES string of the molecule is C=C(Cc1cc(C(C)C)c2c(c1O)C(=O)C1=C(O)[C@@]3(O)C(=O)C(C(C)=O)=C(O)C(C(C)C)[C@@]3(C)C[C@@]1(C)C2)Cc1cccc2ccccc12. The highest BCUT2D eigenvalue weighted by Gasteiger charge is 2.71. The Bertz CT molecular complexity index is 2040. The summed E-state index contributed by atoms with van der Waals surface area (Å²) in [4.78, 5) is 41.4. The number of phenolic OH excluding ortho intramolecular Hbond substituents is 1. The van der Waals surface area contributed by atoms with Crippen LogP contribution in [0.4, 0.5) is 0 Å². The molecule has 3 aromatic carbocycles. The second-order valence-corrected chi connectivity index (χ2v) is 15.7. The number of phenols is 1. The molecule has 1 unspecified atom stereocenters. The molecule has 0 spiro atoms. The van der Waals surface area contributed by atoms with Crippen molar-refractivity contribution in [2.75, 3.05) is 0 Å². The molecule has 7 heteroatoms. The standard InChI is InChI=1S/C42H46O7/c1-21(2)29-18-27(17-23(5)16-26-14-11-13-25-12-9-10-15-28(25)26)35(44)32-30(29)19-40(7)20-41(8)33(22(3)4)36(45)31(24(6)43)38(47)42(41,49)39(48)34(40)37(32)46/h9-15,18,21-22,33,44-45,48-49H,5,16-17,19-20H2,1-4,6-8H3/t33?,40-,41-,42+/m1/s1. The van der Waals surface area contributed by atoms with Gasteiger partial charge < -0.3 is 20.4 Å². The van der Waals surface area contributed by atoms with Gasteiger partial charge in [-0.15, -0.1) is 0 Å². The van der Waals surface area contributed by atoms with Gasteiger partial charge in [-0.05, 0) is 77.5 Å². The van der Waals surface area contributed by atoms with Crippen LogP contribution in [0.25, 0.3) is 10.8 Å². The smallest absolute Gasteiger partial charge is 0.209 e. The summed E-state index contributed by atoms with van der Waals surface area (Å²) in [7, 11) is 0. The van der Waals surface area contributed by atoms with Crippen LogP contribution in [0.1, 0.15) is 93.4 Å². The van der Waals surface area contributed by atoms with Gasteiger partial charge in [0.15, 0.2) is 17.2 Å². The van der Waals surface area contributed by atoms with Gasteiger partial charge in [0.05, 0.1) is 5.56 Å². The molecule has 0 amide bonds. The number of carbonyl (C=O) groups is 3. The van der Waals surface area contributed by atoms with Crippen molar-refractivity contribution in [3.8, 4) is 5.75 Å². The van der Waals surface area contributed by atoms with Crippen LogP contribution in [0, 0.1) is 22.7 Å². The lowest BCUT2D eigenvalue weighted by Crippen LogP contribution is -2.67. The first-order valence-electron chi connectivity index (χ1n) is 17.1. The zero-order valence-electron chi connectivity index (χ0n) is 29.4. The van der Waals surface area contributed by atoms with Gasteiger partial charge in [-0.3, -0.25) is 14.4 Å². The van der Waals surface area contributed by atoms with Crippen LogP contribution in [-0.4, -0.2) is 43.4 Å². The Labute approximate surface area is 287 Å². The van der Waals surface area contributed by atoms with E-state index in [4.69, 9.17) is 0 Å². The first kappa shape index (κ1) is 34.4. The maximum Gasteiger partial charge on any atom is 0.209 e. The lowest BCUT2D eigenvalue weighted by molar-refractivity contribution is -0.171. The van der Waals surface area contributed by atoms with Gasteiger partial charge >= 0.3 is 0 Å². The van der Waals surface area contributed by atoms with E-state index in [-0.39, 0.29) is 41.6 Å². The molecule has 49 heavy (non-hydrogen) atoms. The molecule has 7 nitrogen and oxygen atoms in total. The molecule has 0 fully saturated rings. The molecule has 6 rings (SSSR count). The van der Waals surface area contributed by atoms with E-state index in [2.05, 4.69) is 30.8 Å². The lowest BCUT2D eigenvalue weighted by atomic mass is 9.44. The van der Waals surface area contributed by atoms with E-state index in [0.29, 0.717) is 24.0 Å². The van der Waals surface area contributed by atoms with Crippen molar-refractivity contribution in [1.29, 1.82) is 0 Å². The third-order valence-electron chi connectivity index (χ3n) is 11.5. The van der Waals surface area contributed by atoms with Crippen LogP contribution >= 0.6 is 0 Å². The number of rotatable bonds is 7. The average Bonchev–Trinajstić information content (AvgIpc) is 3.00. The molecule has 4 atom stereocenters. The van der Waals surface area contributed by atoms with Crippen molar-refractivity contribution in [2.24, 2.45) is 22.7 Å². The van der Waals surface area contributed by atoms with Gasteiger partial charge in [-0.2, -0.15) is 0 Å². The van der Waals surface area contributed by atoms with Gasteiger partial charge in [0.25, 0.3) is 0 Å². The van der Waals surface area contributed by atoms with Crippen molar-refractivity contribution in [3.63, 3.8) is 0 Å². The van der Waals surface area contributed by atoms with Crippen molar-refractivity contribution in [2.45, 2.75) is 85.7 Å². The Balaban J connectivity index is 1.49. The third-order valence-corrected chi connectivity index (χ3v) is 11.5. The fourth-order valence-corrected chi connectivity index (χ4v) is 9.58. The Morgan fingerprint density at radius 3 is 2.22 bits per heavy atom. The maximum atomic E-state index is 14.7. The minimum absolute atomic E-state index is 0.0177. The van der Waals surface area contributed by atoms with Crippen molar-refractivity contribution in [3.05, 3.63) is 111 Å². The summed E-state index contributed by atoms with van der Waals surface area (Å²) in [6.07, 6.45) is 1.18. The number of aliphatic hydroxyl groups excluding tert-OH is 2. The van der Waals surface area contributed by atoms with E-state index in [9.17, 15) is 34.8 Å². The number of aliphatic hydroxyl groups is 3. The topological polar surface area (TPSA) is 132 Å². The van der Waals surface area contributed by atoms with Crippen LogP contribution in [0.5, 0.6) is 5.75 Å². The number of hydrogen-bond donors (Lipinski definition) is 4. The molecule has 0 radical (unpaired) electrons. The van der Waals surface area contributed by atoms with Gasteiger partial charge in [0.2, 0.25) is 5.78 Å². The number of carbonyl (C=O) groups excluding carboxylic acids is 3. The highest BCUT2D eigenvalue weighted by atomic mass is 16.3. The van der Waals surface area contributed by atoms with Gasteiger partial charge in [-0.25, -0.2) is 0 Å². The molecule has 4 N–H and O–H groups in total. The monoisotopic (exact) mass is 662 g/mol. The molecule has 3 aromatic rings. The Morgan fingerprint density at radius 2 is 1.59 bits per heavy atom.